The lowest BCUT2D eigenvalue weighted by Crippen LogP contribution is -2.28. The number of fused-ring (bicyclic) bond motifs is 9. The van der Waals surface area contributed by atoms with Gasteiger partial charge in [-0.2, -0.15) is 0 Å². The zero-order chi connectivity index (χ0) is 37.5. The highest BCUT2D eigenvalue weighted by Crippen LogP contribution is 2.49. The largest absolute Gasteiger partial charge is 0.333 e. The molecule has 2 unspecified atom stereocenters. The molecular weight excluding hydrogens is 691 g/mol. The summed E-state index contributed by atoms with van der Waals surface area (Å²) in [7, 11) is 0. The van der Waals surface area contributed by atoms with E-state index in [1.807, 2.05) is 0 Å². The van der Waals surface area contributed by atoms with Gasteiger partial charge < -0.3 is 14.0 Å². The number of hydrogen-bond acceptors (Lipinski definition) is 1. The summed E-state index contributed by atoms with van der Waals surface area (Å²) in [6.45, 7) is 0. The fourth-order valence-corrected chi connectivity index (χ4v) is 9.65. The summed E-state index contributed by atoms with van der Waals surface area (Å²) in [5.74, 6) is 0.315. The van der Waals surface area contributed by atoms with E-state index in [9.17, 15) is 0 Å². The average molecular weight is 728 g/mol. The minimum atomic E-state index is 0.277. The van der Waals surface area contributed by atoms with Crippen LogP contribution >= 0.6 is 0 Å². The van der Waals surface area contributed by atoms with Gasteiger partial charge in [0, 0.05) is 50.2 Å². The molecule has 2 aromatic heterocycles. The van der Waals surface area contributed by atoms with Crippen LogP contribution in [-0.4, -0.2) is 15.2 Å². The number of aromatic nitrogens is 2. The Labute approximate surface area is 331 Å². The molecule has 0 N–H and O–H groups in total. The van der Waals surface area contributed by atoms with Gasteiger partial charge in [0.1, 0.15) is 0 Å². The van der Waals surface area contributed by atoms with E-state index in [4.69, 9.17) is 0 Å². The molecule has 3 heterocycles. The van der Waals surface area contributed by atoms with Gasteiger partial charge in [0.2, 0.25) is 0 Å². The van der Waals surface area contributed by atoms with Crippen LogP contribution in [0.4, 0.5) is 11.4 Å². The SMILES string of the molecule is C1=CC2c3cc(-c4ccc5c(c4)c4ccccc4n5-c4ccc(-c5ccc6c(c5)c5ccccc5n6-c5ccccc5)cc4)ccc3N(c3ccccc3)C2C=C1. The number of anilines is 2. The third-order valence-electron chi connectivity index (χ3n) is 12.2. The van der Waals surface area contributed by atoms with Crippen LogP contribution < -0.4 is 4.90 Å². The minimum absolute atomic E-state index is 0.277. The van der Waals surface area contributed by atoms with Crippen LogP contribution in [0.3, 0.4) is 0 Å². The lowest BCUT2D eigenvalue weighted by atomic mass is 9.89. The molecule has 3 nitrogen and oxygen atoms in total. The Balaban J connectivity index is 0.926. The molecule has 57 heavy (non-hydrogen) atoms. The predicted octanol–water partition coefficient (Wildman–Crippen LogP) is 13.9. The van der Waals surface area contributed by atoms with Gasteiger partial charge in [0.15, 0.2) is 0 Å². The monoisotopic (exact) mass is 727 g/mol. The molecule has 3 heteroatoms. The van der Waals surface area contributed by atoms with E-state index in [2.05, 4.69) is 226 Å². The Hall–Kier alpha value is -7.36. The normalized spacial score (nSPS) is 15.9. The molecule has 0 bridgehead atoms. The van der Waals surface area contributed by atoms with Crippen molar-refractivity contribution >= 4 is 55.0 Å². The van der Waals surface area contributed by atoms with E-state index in [-0.39, 0.29) is 6.04 Å². The van der Waals surface area contributed by atoms with Crippen LogP contribution in [0.15, 0.2) is 212 Å². The van der Waals surface area contributed by atoms with Gasteiger partial charge in [-0.15, -0.1) is 0 Å². The topological polar surface area (TPSA) is 13.1 Å². The number of allylic oxidation sites excluding steroid dienone is 2. The van der Waals surface area contributed by atoms with Crippen molar-refractivity contribution < 1.29 is 0 Å². The first-order valence-corrected chi connectivity index (χ1v) is 19.8. The lowest BCUT2D eigenvalue weighted by Gasteiger charge is -2.28. The van der Waals surface area contributed by atoms with Gasteiger partial charge in [-0.3, -0.25) is 0 Å². The molecule has 0 fully saturated rings. The Bertz CT molecular complexity index is 3240. The summed E-state index contributed by atoms with van der Waals surface area (Å²) >= 11 is 0. The van der Waals surface area contributed by atoms with Gasteiger partial charge in [0.25, 0.3) is 0 Å². The standard InChI is InChI=1S/C54H37N3/c1-3-13-40(14-4-1)55-49-20-10-7-17-43(49)46-33-37(25-30-52(46)55)36-23-28-42(29-24-36)57-51-22-12-9-19-45(51)48-35-39(27-32-54(48)57)38-26-31-53-47(34-38)44-18-8-11-21-50(44)56(53)41-15-5-2-6-16-41/h1-35,44,50H. The van der Waals surface area contributed by atoms with Crippen molar-refractivity contribution in [2.24, 2.45) is 0 Å². The van der Waals surface area contributed by atoms with E-state index < -0.39 is 0 Å². The molecule has 2 atom stereocenters. The van der Waals surface area contributed by atoms with E-state index in [0.717, 1.165) is 5.69 Å². The summed E-state index contributed by atoms with van der Waals surface area (Å²) in [4.78, 5) is 2.49. The van der Waals surface area contributed by atoms with Crippen LogP contribution in [-0.2, 0) is 0 Å². The molecule has 1 aliphatic heterocycles. The minimum Gasteiger partial charge on any atom is -0.333 e. The number of hydrogen-bond donors (Lipinski definition) is 0. The van der Waals surface area contributed by atoms with Crippen molar-refractivity contribution in [3.63, 3.8) is 0 Å². The zero-order valence-electron chi connectivity index (χ0n) is 31.2. The van der Waals surface area contributed by atoms with Crippen LogP contribution in [0, 0.1) is 0 Å². The van der Waals surface area contributed by atoms with Crippen molar-refractivity contribution in [3.8, 4) is 33.6 Å². The van der Waals surface area contributed by atoms with Crippen molar-refractivity contribution in [2.75, 3.05) is 4.90 Å². The molecule has 0 amide bonds. The van der Waals surface area contributed by atoms with E-state index in [0.29, 0.717) is 5.92 Å². The highest BCUT2D eigenvalue weighted by atomic mass is 15.2. The number of benzene rings is 8. The van der Waals surface area contributed by atoms with Gasteiger partial charge in [-0.25, -0.2) is 0 Å². The van der Waals surface area contributed by atoms with Gasteiger partial charge in [-0.1, -0.05) is 127 Å². The molecule has 8 aromatic carbocycles. The van der Waals surface area contributed by atoms with Gasteiger partial charge in [0.05, 0.1) is 28.1 Å². The van der Waals surface area contributed by atoms with Crippen molar-refractivity contribution in [2.45, 2.75) is 12.0 Å². The van der Waals surface area contributed by atoms with E-state index in [1.54, 1.807) is 0 Å². The molecule has 10 aromatic rings. The summed E-state index contributed by atoms with van der Waals surface area (Å²) in [5, 5.41) is 5.05. The zero-order valence-corrected chi connectivity index (χ0v) is 31.2. The maximum atomic E-state index is 2.49. The van der Waals surface area contributed by atoms with Gasteiger partial charge >= 0.3 is 0 Å². The number of para-hydroxylation sites is 4. The summed E-state index contributed by atoms with van der Waals surface area (Å²) in [6, 6.07) is 69.3. The molecule has 2 aliphatic rings. The second-order valence-corrected chi connectivity index (χ2v) is 15.3. The number of rotatable bonds is 5. The Morgan fingerprint density at radius 2 is 0.807 bits per heavy atom. The van der Waals surface area contributed by atoms with Crippen LogP contribution in [0.2, 0.25) is 0 Å². The highest BCUT2D eigenvalue weighted by molar-refractivity contribution is 6.11. The molecule has 0 spiro atoms. The second-order valence-electron chi connectivity index (χ2n) is 15.3. The highest BCUT2D eigenvalue weighted by Gasteiger charge is 2.37. The Morgan fingerprint density at radius 1 is 0.333 bits per heavy atom. The molecular formula is C54H37N3. The summed E-state index contributed by atoms with van der Waals surface area (Å²) < 4.78 is 4.79. The first-order chi connectivity index (χ1) is 28.3. The van der Waals surface area contributed by atoms with Crippen LogP contribution in [0.1, 0.15) is 11.5 Å². The fourth-order valence-electron chi connectivity index (χ4n) is 9.65. The molecule has 0 saturated carbocycles. The molecule has 12 rings (SSSR count). The molecule has 268 valence electrons. The first-order valence-electron chi connectivity index (χ1n) is 19.8. The lowest BCUT2D eigenvalue weighted by molar-refractivity contribution is 0.745. The second kappa shape index (κ2) is 12.6. The summed E-state index contributed by atoms with van der Waals surface area (Å²) in [5.41, 5.74) is 16.0. The van der Waals surface area contributed by atoms with Crippen LogP contribution in [0.5, 0.6) is 0 Å². The third kappa shape index (κ3) is 4.92. The Kier molecular flexibility index (Phi) is 7.05. The van der Waals surface area contributed by atoms with Gasteiger partial charge in [-0.05, 0) is 113 Å². The first kappa shape index (κ1) is 31.9. The van der Waals surface area contributed by atoms with Crippen molar-refractivity contribution in [3.05, 3.63) is 218 Å². The third-order valence-corrected chi connectivity index (χ3v) is 12.2. The van der Waals surface area contributed by atoms with E-state index in [1.165, 1.54) is 88.5 Å². The Morgan fingerprint density at radius 3 is 1.46 bits per heavy atom. The predicted molar refractivity (Wildman–Crippen MR) is 239 cm³/mol. The quantitative estimate of drug-likeness (QED) is 0.172. The fraction of sp³-hybridized carbons (Fsp3) is 0.0370. The van der Waals surface area contributed by atoms with Crippen molar-refractivity contribution in [1.82, 2.24) is 9.13 Å². The maximum absolute atomic E-state index is 2.49. The molecule has 1 aliphatic carbocycles. The summed E-state index contributed by atoms with van der Waals surface area (Å²) in [6.07, 6.45) is 9.09. The smallest absolute Gasteiger partial charge is 0.0629 e. The van der Waals surface area contributed by atoms with E-state index >= 15 is 0 Å². The maximum Gasteiger partial charge on any atom is 0.0629 e. The molecule has 0 saturated heterocycles. The van der Waals surface area contributed by atoms with Crippen LogP contribution in [0.25, 0.3) is 77.2 Å². The van der Waals surface area contributed by atoms with Crippen molar-refractivity contribution in [1.29, 1.82) is 0 Å². The number of nitrogens with zero attached hydrogens (tertiary/aromatic N) is 3. The average Bonchev–Trinajstić information content (AvgIpc) is 3.92. The molecule has 0 radical (unpaired) electrons.